The standard InChI is InChI=1S/C13H21N11O2Si/c1-25-6-10-15-12(22-21-10)16-13-23-18-9(19-24-13)5-8-14-11(20-17-8)7-26-27(2,3)4/h5-7H2,1-4H3,(H,14,17,20)(H2,15,16,21,22,23,24). The van der Waals surface area contributed by atoms with E-state index in [1.807, 2.05) is 0 Å². The molecule has 3 N–H and O–H groups in total. The monoisotopic (exact) mass is 391 g/mol. The first-order valence-electron chi connectivity index (χ1n) is 8.19. The molecule has 0 radical (unpaired) electrons. The van der Waals surface area contributed by atoms with Crippen molar-refractivity contribution in [1.82, 2.24) is 50.8 Å². The summed E-state index contributed by atoms with van der Waals surface area (Å²) >= 11 is 0. The number of hydrogen-bond acceptors (Lipinski definition) is 11. The van der Waals surface area contributed by atoms with Crippen LogP contribution in [-0.4, -0.2) is 66.2 Å². The number of nitrogens with one attached hydrogen (secondary N) is 3. The first-order chi connectivity index (χ1) is 12.9. The average Bonchev–Trinajstić information content (AvgIpc) is 3.24. The molecule has 3 aromatic rings. The van der Waals surface area contributed by atoms with Crippen LogP contribution in [0, 0.1) is 0 Å². The smallest absolute Gasteiger partial charge is 0.268 e. The van der Waals surface area contributed by atoms with Gasteiger partial charge in [0, 0.05) is 7.11 Å². The van der Waals surface area contributed by atoms with E-state index in [2.05, 4.69) is 75.7 Å². The minimum atomic E-state index is -1.61. The first-order valence-corrected chi connectivity index (χ1v) is 11.6. The normalized spacial score (nSPS) is 11.7. The number of aromatic nitrogens is 10. The van der Waals surface area contributed by atoms with Gasteiger partial charge in [-0.1, -0.05) is 0 Å². The fourth-order valence-electron chi connectivity index (χ4n) is 1.93. The van der Waals surface area contributed by atoms with E-state index >= 15 is 0 Å². The van der Waals surface area contributed by atoms with Crippen LogP contribution in [0.2, 0.25) is 19.6 Å². The van der Waals surface area contributed by atoms with E-state index < -0.39 is 8.32 Å². The zero-order valence-corrected chi connectivity index (χ0v) is 16.5. The fourth-order valence-corrected chi connectivity index (χ4v) is 2.49. The maximum atomic E-state index is 5.78. The molecule has 0 aliphatic rings. The minimum Gasteiger partial charge on any atom is -0.410 e. The lowest BCUT2D eigenvalue weighted by Gasteiger charge is -2.15. The molecule has 0 saturated heterocycles. The zero-order chi connectivity index (χ0) is 19.3. The molecule has 0 unspecified atom stereocenters. The molecule has 0 fully saturated rings. The van der Waals surface area contributed by atoms with Crippen molar-refractivity contribution in [3.8, 4) is 0 Å². The molecule has 13 nitrogen and oxygen atoms in total. The summed E-state index contributed by atoms with van der Waals surface area (Å²) in [5.41, 5.74) is 0. The molecule has 0 atom stereocenters. The van der Waals surface area contributed by atoms with Crippen molar-refractivity contribution in [2.45, 2.75) is 39.3 Å². The highest BCUT2D eigenvalue weighted by Crippen LogP contribution is 2.08. The molecule has 0 aromatic carbocycles. The molecule has 3 heterocycles. The summed E-state index contributed by atoms with van der Waals surface area (Å²) in [5, 5.41) is 32.4. The Balaban J connectivity index is 1.55. The Kier molecular flexibility index (Phi) is 5.77. The van der Waals surface area contributed by atoms with Gasteiger partial charge in [0.05, 0.1) is 13.0 Å². The molecule has 0 aliphatic heterocycles. The molecular formula is C13H21N11O2Si. The van der Waals surface area contributed by atoms with E-state index in [4.69, 9.17) is 9.16 Å². The highest BCUT2D eigenvalue weighted by atomic mass is 28.4. The highest BCUT2D eigenvalue weighted by Gasteiger charge is 2.16. The number of methoxy groups -OCH3 is 1. The lowest BCUT2D eigenvalue weighted by atomic mass is 10.4. The second-order valence-electron chi connectivity index (χ2n) is 6.58. The molecule has 3 rings (SSSR count). The van der Waals surface area contributed by atoms with Crippen molar-refractivity contribution in [3.63, 3.8) is 0 Å². The van der Waals surface area contributed by atoms with Gasteiger partial charge in [0.15, 0.2) is 25.8 Å². The third kappa shape index (κ3) is 5.83. The van der Waals surface area contributed by atoms with Crippen LogP contribution in [0.3, 0.4) is 0 Å². The summed E-state index contributed by atoms with van der Waals surface area (Å²) in [4.78, 5) is 8.51. The van der Waals surface area contributed by atoms with E-state index in [1.54, 1.807) is 7.11 Å². The highest BCUT2D eigenvalue weighted by molar-refractivity contribution is 6.69. The molecule has 144 valence electrons. The largest absolute Gasteiger partial charge is 0.410 e. The van der Waals surface area contributed by atoms with Gasteiger partial charge in [-0.2, -0.15) is 10.1 Å². The predicted molar refractivity (Wildman–Crippen MR) is 95.3 cm³/mol. The van der Waals surface area contributed by atoms with E-state index in [0.717, 1.165) is 0 Å². The van der Waals surface area contributed by atoms with E-state index in [-0.39, 0.29) is 5.95 Å². The second kappa shape index (κ2) is 8.23. The Morgan fingerprint density at radius 2 is 1.59 bits per heavy atom. The Labute approximate surface area is 155 Å². The van der Waals surface area contributed by atoms with Gasteiger partial charge in [0.2, 0.25) is 5.95 Å². The summed E-state index contributed by atoms with van der Waals surface area (Å²) in [5.74, 6) is 2.69. The number of hydrogen-bond donors (Lipinski definition) is 3. The molecule has 0 amide bonds. The maximum Gasteiger partial charge on any atom is 0.268 e. The average molecular weight is 391 g/mol. The number of rotatable bonds is 9. The van der Waals surface area contributed by atoms with Crippen LogP contribution in [0.25, 0.3) is 0 Å². The van der Waals surface area contributed by atoms with Crippen LogP contribution >= 0.6 is 0 Å². The van der Waals surface area contributed by atoms with Crippen LogP contribution in [0.4, 0.5) is 11.9 Å². The third-order valence-electron chi connectivity index (χ3n) is 3.09. The van der Waals surface area contributed by atoms with Gasteiger partial charge in [-0.3, -0.25) is 15.5 Å². The molecule has 0 aliphatic carbocycles. The fraction of sp³-hybridized carbons (Fsp3) is 0.538. The van der Waals surface area contributed by atoms with Crippen molar-refractivity contribution in [2.75, 3.05) is 12.4 Å². The summed E-state index contributed by atoms with van der Waals surface area (Å²) in [6, 6.07) is 0. The van der Waals surface area contributed by atoms with Gasteiger partial charge in [0.25, 0.3) is 5.95 Å². The summed E-state index contributed by atoms with van der Waals surface area (Å²) in [6.07, 6.45) is 0.332. The Morgan fingerprint density at radius 3 is 2.30 bits per heavy atom. The van der Waals surface area contributed by atoms with Gasteiger partial charge in [-0.25, -0.2) is 4.98 Å². The van der Waals surface area contributed by atoms with Crippen LogP contribution in [0.1, 0.15) is 23.3 Å². The second-order valence-corrected chi connectivity index (χ2v) is 11.1. The summed E-state index contributed by atoms with van der Waals surface area (Å²) in [6.45, 7) is 7.04. The predicted octanol–water partition coefficient (Wildman–Crippen LogP) is 0.335. The van der Waals surface area contributed by atoms with Crippen LogP contribution < -0.4 is 5.32 Å². The number of H-pyrrole nitrogens is 2. The van der Waals surface area contributed by atoms with Crippen molar-refractivity contribution in [1.29, 1.82) is 0 Å². The Bertz CT molecular complexity index is 858. The van der Waals surface area contributed by atoms with Crippen molar-refractivity contribution >= 4 is 20.2 Å². The van der Waals surface area contributed by atoms with Crippen molar-refractivity contribution in [3.05, 3.63) is 23.3 Å². The number of anilines is 2. The number of aromatic amines is 2. The third-order valence-corrected chi connectivity index (χ3v) is 4.10. The summed E-state index contributed by atoms with van der Waals surface area (Å²) in [7, 11) is -0.0402. The minimum absolute atomic E-state index is 0.184. The quantitative estimate of drug-likeness (QED) is 0.430. The van der Waals surface area contributed by atoms with Gasteiger partial charge in [-0.05, 0) is 19.6 Å². The molecule has 0 spiro atoms. The lowest BCUT2D eigenvalue weighted by Crippen LogP contribution is -2.25. The van der Waals surface area contributed by atoms with Gasteiger partial charge >= 0.3 is 0 Å². The van der Waals surface area contributed by atoms with Crippen LogP contribution in [0.5, 0.6) is 0 Å². The zero-order valence-electron chi connectivity index (χ0n) is 15.5. The van der Waals surface area contributed by atoms with E-state index in [1.165, 1.54) is 0 Å². The number of nitrogens with zero attached hydrogens (tertiary/aromatic N) is 8. The molecular weight excluding hydrogens is 370 g/mol. The summed E-state index contributed by atoms with van der Waals surface area (Å²) < 4.78 is 10.7. The first kappa shape index (κ1) is 18.9. The van der Waals surface area contributed by atoms with E-state index in [0.29, 0.717) is 48.9 Å². The molecule has 14 heteroatoms. The molecule has 3 aromatic heterocycles. The van der Waals surface area contributed by atoms with E-state index in [9.17, 15) is 0 Å². The van der Waals surface area contributed by atoms with Crippen LogP contribution in [-0.2, 0) is 28.8 Å². The number of ether oxygens (including phenoxy) is 1. The van der Waals surface area contributed by atoms with Gasteiger partial charge in [-0.15, -0.1) is 25.5 Å². The van der Waals surface area contributed by atoms with Crippen LogP contribution in [0.15, 0.2) is 0 Å². The topological polar surface area (TPSA) is 165 Å². The van der Waals surface area contributed by atoms with Gasteiger partial charge < -0.3 is 9.16 Å². The Hall–Kier alpha value is -2.84. The van der Waals surface area contributed by atoms with Crippen molar-refractivity contribution in [2.24, 2.45) is 0 Å². The maximum absolute atomic E-state index is 5.78. The lowest BCUT2D eigenvalue weighted by molar-refractivity contribution is 0.178. The molecule has 0 saturated carbocycles. The van der Waals surface area contributed by atoms with Crippen molar-refractivity contribution < 1.29 is 9.16 Å². The SMILES string of the molecule is COCc1nc(Nc2nnc(Cc3nc(CO[Si](C)(C)C)n[nH]3)nn2)n[nH]1. The van der Waals surface area contributed by atoms with Gasteiger partial charge in [0.1, 0.15) is 12.4 Å². The molecule has 27 heavy (non-hydrogen) atoms. The molecule has 0 bridgehead atoms. The Morgan fingerprint density at radius 1 is 0.852 bits per heavy atom.